The Balaban J connectivity index is 1.97. The maximum Gasteiger partial charge on any atom is 0.144 e. The zero-order valence-electron chi connectivity index (χ0n) is 11.8. The molecule has 1 aromatic rings. The van der Waals surface area contributed by atoms with Crippen LogP contribution >= 0.6 is 0 Å². The van der Waals surface area contributed by atoms with Crippen LogP contribution in [-0.4, -0.2) is 0 Å². The molecule has 0 unspecified atom stereocenters. The maximum absolute atomic E-state index is 13.9. The predicted molar refractivity (Wildman–Crippen MR) is 73.2 cm³/mol. The Morgan fingerprint density at radius 3 is 1.95 bits per heavy atom. The van der Waals surface area contributed by atoms with Gasteiger partial charge in [0.1, 0.15) is 23.3 Å². The van der Waals surface area contributed by atoms with E-state index < -0.39 is 17.2 Å². The fraction of sp³-hybridized carbons (Fsp3) is 0.588. The smallest absolute Gasteiger partial charge is 0.144 e. The van der Waals surface area contributed by atoms with Gasteiger partial charge in [0.25, 0.3) is 0 Å². The van der Waals surface area contributed by atoms with E-state index in [0.29, 0.717) is 5.41 Å². The van der Waals surface area contributed by atoms with Gasteiger partial charge in [-0.15, -0.1) is 0 Å². The summed E-state index contributed by atoms with van der Waals surface area (Å²) in [5, 5.41) is 8.77. The van der Waals surface area contributed by atoms with E-state index in [1.54, 1.807) is 6.07 Å². The third-order valence-electron chi connectivity index (χ3n) is 5.92. The van der Waals surface area contributed by atoms with Crippen LogP contribution in [0.2, 0.25) is 0 Å². The molecule has 0 radical (unpaired) electrons. The molecule has 0 spiro atoms. The highest BCUT2D eigenvalue weighted by molar-refractivity contribution is 5.39. The van der Waals surface area contributed by atoms with E-state index in [0.717, 1.165) is 44.1 Å². The number of nitriles is 1. The maximum atomic E-state index is 13.9. The zero-order chi connectivity index (χ0) is 14.4. The van der Waals surface area contributed by atoms with Crippen LogP contribution in [0, 0.1) is 28.4 Å². The van der Waals surface area contributed by atoms with Crippen molar-refractivity contribution in [2.45, 2.75) is 57.3 Å². The van der Waals surface area contributed by atoms with Crippen LogP contribution in [-0.2, 0) is 5.41 Å². The molecule has 0 aliphatic heterocycles. The van der Waals surface area contributed by atoms with Gasteiger partial charge >= 0.3 is 0 Å². The molecule has 0 N–H and O–H groups in total. The van der Waals surface area contributed by atoms with Crippen LogP contribution in [0.5, 0.6) is 0 Å². The van der Waals surface area contributed by atoms with E-state index in [1.165, 1.54) is 18.6 Å². The topological polar surface area (TPSA) is 23.8 Å². The van der Waals surface area contributed by atoms with Crippen LogP contribution < -0.4 is 0 Å². The first-order chi connectivity index (χ1) is 9.54. The molecule has 1 aromatic carbocycles. The van der Waals surface area contributed by atoms with Crippen molar-refractivity contribution in [3.05, 3.63) is 34.9 Å². The van der Waals surface area contributed by atoms with E-state index in [2.05, 4.69) is 6.92 Å². The van der Waals surface area contributed by atoms with Gasteiger partial charge < -0.3 is 0 Å². The molecule has 0 amide bonds. The summed E-state index contributed by atoms with van der Waals surface area (Å²) in [6.07, 6.45) is 7.74. The Hall–Kier alpha value is -1.43. The van der Waals surface area contributed by atoms with Gasteiger partial charge in [-0.2, -0.15) is 5.26 Å². The largest absolute Gasteiger partial charge is 0.205 e. The Morgan fingerprint density at radius 1 is 1.05 bits per heavy atom. The minimum Gasteiger partial charge on any atom is -0.205 e. The molecule has 3 aliphatic carbocycles. The standard InChI is InChI=1S/C17H19F2N/c1-2-16-3-6-17(7-4-16,8-5-16)12-9-14(18)13(11-20)15(19)10-12/h9-10H,2-8H2,1H3. The average molecular weight is 275 g/mol. The molecule has 3 saturated carbocycles. The molecule has 20 heavy (non-hydrogen) atoms. The van der Waals surface area contributed by atoms with Crippen LogP contribution in [0.15, 0.2) is 12.1 Å². The van der Waals surface area contributed by atoms with Crippen molar-refractivity contribution in [3.63, 3.8) is 0 Å². The van der Waals surface area contributed by atoms with Gasteiger partial charge in [0.15, 0.2) is 0 Å². The highest BCUT2D eigenvalue weighted by Crippen LogP contribution is 2.59. The van der Waals surface area contributed by atoms with E-state index in [4.69, 9.17) is 5.26 Å². The monoisotopic (exact) mass is 275 g/mol. The number of rotatable bonds is 2. The fourth-order valence-electron chi connectivity index (χ4n) is 4.21. The van der Waals surface area contributed by atoms with Gasteiger partial charge in [-0.1, -0.05) is 13.3 Å². The summed E-state index contributed by atoms with van der Waals surface area (Å²) in [6, 6.07) is 4.39. The predicted octanol–water partition coefficient (Wildman–Crippen LogP) is 4.84. The zero-order valence-corrected chi connectivity index (χ0v) is 11.8. The molecule has 3 fully saturated rings. The first kappa shape index (κ1) is 13.5. The summed E-state index contributed by atoms with van der Waals surface area (Å²) in [6.45, 7) is 2.25. The second-order valence-electron chi connectivity index (χ2n) is 6.56. The summed E-state index contributed by atoms with van der Waals surface area (Å²) in [5.74, 6) is -1.43. The lowest BCUT2D eigenvalue weighted by Gasteiger charge is -2.53. The number of halogens is 2. The second kappa shape index (κ2) is 4.55. The number of benzene rings is 1. The van der Waals surface area contributed by atoms with E-state index in [9.17, 15) is 8.78 Å². The van der Waals surface area contributed by atoms with Gasteiger partial charge in [-0.25, -0.2) is 8.78 Å². The Morgan fingerprint density at radius 2 is 1.55 bits per heavy atom. The number of fused-ring (bicyclic) bond motifs is 3. The van der Waals surface area contributed by atoms with Crippen molar-refractivity contribution in [2.75, 3.05) is 0 Å². The van der Waals surface area contributed by atoms with Crippen LogP contribution in [0.3, 0.4) is 0 Å². The van der Waals surface area contributed by atoms with Crippen LogP contribution in [0.25, 0.3) is 0 Å². The second-order valence-corrected chi connectivity index (χ2v) is 6.56. The Bertz CT molecular complexity index is 538. The summed E-state index contributed by atoms with van der Waals surface area (Å²) in [7, 11) is 0. The first-order valence-electron chi connectivity index (χ1n) is 7.44. The quantitative estimate of drug-likeness (QED) is 0.757. The lowest BCUT2D eigenvalue weighted by Crippen LogP contribution is -2.43. The molecule has 0 aromatic heterocycles. The Labute approximate surface area is 118 Å². The SMILES string of the molecule is CCC12CCC(c3cc(F)c(C#N)c(F)c3)(CC1)CC2. The molecule has 0 saturated heterocycles. The highest BCUT2D eigenvalue weighted by Gasteiger charge is 2.48. The van der Waals surface area contributed by atoms with Crippen molar-refractivity contribution >= 4 is 0 Å². The van der Waals surface area contributed by atoms with E-state index in [-0.39, 0.29) is 5.41 Å². The van der Waals surface area contributed by atoms with Gasteiger partial charge in [-0.3, -0.25) is 0 Å². The van der Waals surface area contributed by atoms with E-state index in [1.807, 2.05) is 0 Å². The molecule has 3 heteroatoms. The van der Waals surface area contributed by atoms with Gasteiger partial charge in [0, 0.05) is 0 Å². The minimum atomic E-state index is -0.713. The van der Waals surface area contributed by atoms with Crippen molar-refractivity contribution in [1.82, 2.24) is 0 Å². The number of hydrogen-bond acceptors (Lipinski definition) is 1. The third kappa shape index (κ3) is 1.85. The molecule has 4 rings (SSSR count). The molecule has 3 aliphatic rings. The van der Waals surface area contributed by atoms with Gasteiger partial charge in [-0.05, 0) is 67.1 Å². The average Bonchev–Trinajstić information content (AvgIpc) is 2.49. The van der Waals surface area contributed by atoms with E-state index >= 15 is 0 Å². The van der Waals surface area contributed by atoms with Crippen molar-refractivity contribution < 1.29 is 8.78 Å². The molecule has 106 valence electrons. The number of hydrogen-bond donors (Lipinski definition) is 0. The summed E-state index contributed by atoms with van der Waals surface area (Å²) >= 11 is 0. The normalized spacial score (nSPS) is 32.1. The third-order valence-corrected chi connectivity index (χ3v) is 5.92. The van der Waals surface area contributed by atoms with Crippen LogP contribution in [0.1, 0.15) is 63.0 Å². The summed E-state index contributed by atoms with van der Waals surface area (Å²) in [4.78, 5) is 0. The van der Waals surface area contributed by atoms with Crippen LogP contribution in [0.4, 0.5) is 8.78 Å². The molecular formula is C17H19F2N. The lowest BCUT2D eigenvalue weighted by molar-refractivity contribution is 0.0364. The lowest BCUT2D eigenvalue weighted by atomic mass is 9.51. The van der Waals surface area contributed by atoms with Gasteiger partial charge in [0.05, 0.1) is 0 Å². The fourth-order valence-corrected chi connectivity index (χ4v) is 4.21. The highest BCUT2D eigenvalue weighted by atomic mass is 19.1. The van der Waals surface area contributed by atoms with Crippen molar-refractivity contribution in [2.24, 2.45) is 5.41 Å². The molecule has 2 bridgehead atoms. The number of nitrogens with zero attached hydrogens (tertiary/aromatic N) is 1. The molecule has 0 heterocycles. The Kier molecular flexibility index (Phi) is 3.08. The summed E-state index contributed by atoms with van der Waals surface area (Å²) < 4.78 is 27.7. The molecule has 0 atom stereocenters. The van der Waals surface area contributed by atoms with Gasteiger partial charge in [0.2, 0.25) is 0 Å². The summed E-state index contributed by atoms with van der Waals surface area (Å²) in [5.41, 5.74) is 0.716. The van der Waals surface area contributed by atoms with Crippen molar-refractivity contribution in [3.8, 4) is 6.07 Å². The minimum absolute atomic E-state index is 0.0629. The molecule has 1 nitrogen and oxygen atoms in total. The first-order valence-corrected chi connectivity index (χ1v) is 7.44. The van der Waals surface area contributed by atoms with Crippen molar-refractivity contribution in [1.29, 1.82) is 5.26 Å². The molecular weight excluding hydrogens is 256 g/mol.